The SMILES string of the molecule is CC[C@H](CO)Nc1nc(Nc2ccncn2)c2ncn(C(C)C)c2n1. The van der Waals surface area contributed by atoms with Crippen molar-refractivity contribution in [1.82, 2.24) is 29.5 Å². The van der Waals surface area contributed by atoms with Crippen LogP contribution in [0.4, 0.5) is 17.6 Å². The maximum atomic E-state index is 9.44. The van der Waals surface area contributed by atoms with Crippen LogP contribution < -0.4 is 10.6 Å². The molecule has 3 N–H and O–H groups in total. The fraction of sp³-hybridized carbons (Fsp3) is 0.438. The lowest BCUT2D eigenvalue weighted by molar-refractivity contribution is 0.271. The second-order valence-corrected chi connectivity index (χ2v) is 5.97. The summed E-state index contributed by atoms with van der Waals surface area (Å²) in [7, 11) is 0. The van der Waals surface area contributed by atoms with Gasteiger partial charge in [-0.05, 0) is 26.3 Å². The molecule has 0 saturated carbocycles. The van der Waals surface area contributed by atoms with Crippen LogP contribution in [0.15, 0.2) is 24.9 Å². The van der Waals surface area contributed by atoms with Crippen molar-refractivity contribution in [1.29, 1.82) is 0 Å². The van der Waals surface area contributed by atoms with Gasteiger partial charge in [0.25, 0.3) is 0 Å². The van der Waals surface area contributed by atoms with E-state index >= 15 is 0 Å². The Morgan fingerprint density at radius 2 is 2.08 bits per heavy atom. The minimum Gasteiger partial charge on any atom is -0.394 e. The van der Waals surface area contributed by atoms with Gasteiger partial charge in [-0.3, -0.25) is 0 Å². The highest BCUT2D eigenvalue weighted by molar-refractivity contribution is 5.86. The van der Waals surface area contributed by atoms with Gasteiger partial charge in [0.2, 0.25) is 5.95 Å². The fourth-order valence-corrected chi connectivity index (χ4v) is 2.39. The highest BCUT2D eigenvalue weighted by Gasteiger charge is 2.16. The number of anilines is 3. The molecule has 25 heavy (non-hydrogen) atoms. The van der Waals surface area contributed by atoms with Gasteiger partial charge < -0.3 is 20.3 Å². The molecule has 3 aromatic rings. The van der Waals surface area contributed by atoms with Crippen molar-refractivity contribution in [2.24, 2.45) is 0 Å². The molecule has 0 spiro atoms. The summed E-state index contributed by atoms with van der Waals surface area (Å²) in [5, 5.41) is 15.8. The van der Waals surface area contributed by atoms with Crippen molar-refractivity contribution in [3.63, 3.8) is 0 Å². The number of hydrogen-bond donors (Lipinski definition) is 3. The number of fused-ring (bicyclic) bond motifs is 1. The number of aromatic nitrogens is 6. The maximum Gasteiger partial charge on any atom is 0.227 e. The Hall–Kier alpha value is -2.81. The molecule has 0 saturated heterocycles. The average Bonchev–Trinajstić information content (AvgIpc) is 3.05. The zero-order valence-electron chi connectivity index (χ0n) is 14.5. The molecule has 3 heterocycles. The molecular weight excluding hydrogens is 320 g/mol. The van der Waals surface area contributed by atoms with Gasteiger partial charge in [0.15, 0.2) is 17.0 Å². The molecule has 132 valence electrons. The van der Waals surface area contributed by atoms with Crippen LogP contribution in [-0.2, 0) is 0 Å². The van der Waals surface area contributed by atoms with E-state index in [0.717, 1.165) is 12.1 Å². The molecule has 0 aliphatic carbocycles. The highest BCUT2D eigenvalue weighted by atomic mass is 16.3. The van der Waals surface area contributed by atoms with Gasteiger partial charge in [-0.25, -0.2) is 15.0 Å². The molecule has 0 unspecified atom stereocenters. The predicted octanol–water partition coefficient (Wildman–Crippen LogP) is 2.12. The summed E-state index contributed by atoms with van der Waals surface area (Å²) < 4.78 is 1.98. The van der Waals surface area contributed by atoms with Gasteiger partial charge in [-0.15, -0.1) is 0 Å². The Morgan fingerprint density at radius 3 is 2.72 bits per heavy atom. The molecule has 0 aliphatic heterocycles. The Kier molecular flexibility index (Phi) is 5.03. The van der Waals surface area contributed by atoms with Crippen molar-refractivity contribution < 1.29 is 5.11 Å². The third-order valence-electron chi connectivity index (χ3n) is 3.85. The molecule has 0 aliphatic rings. The Labute approximate surface area is 145 Å². The first-order valence-corrected chi connectivity index (χ1v) is 8.27. The van der Waals surface area contributed by atoms with E-state index in [2.05, 4.69) is 49.4 Å². The first kappa shape index (κ1) is 17.0. The Bertz CT molecular complexity index is 829. The lowest BCUT2D eigenvalue weighted by Gasteiger charge is -2.16. The second-order valence-electron chi connectivity index (χ2n) is 5.97. The minimum absolute atomic E-state index is 0.00993. The molecular formula is C16H22N8O. The lowest BCUT2D eigenvalue weighted by atomic mass is 10.2. The number of hydrogen-bond acceptors (Lipinski definition) is 8. The van der Waals surface area contributed by atoms with Crippen molar-refractivity contribution in [2.45, 2.75) is 39.3 Å². The minimum atomic E-state index is -0.111. The quantitative estimate of drug-likeness (QED) is 0.598. The van der Waals surface area contributed by atoms with Crippen LogP contribution in [0, 0.1) is 0 Å². The average molecular weight is 342 g/mol. The van der Waals surface area contributed by atoms with E-state index in [0.29, 0.717) is 23.1 Å². The van der Waals surface area contributed by atoms with Crippen molar-refractivity contribution in [3.05, 3.63) is 24.9 Å². The molecule has 1 atom stereocenters. The van der Waals surface area contributed by atoms with E-state index in [1.54, 1.807) is 18.6 Å². The third-order valence-corrected chi connectivity index (χ3v) is 3.85. The van der Waals surface area contributed by atoms with Crippen LogP contribution in [0.1, 0.15) is 33.2 Å². The molecule has 9 heteroatoms. The van der Waals surface area contributed by atoms with E-state index < -0.39 is 0 Å². The lowest BCUT2D eigenvalue weighted by Crippen LogP contribution is -2.24. The zero-order chi connectivity index (χ0) is 17.8. The normalized spacial score (nSPS) is 12.5. The van der Waals surface area contributed by atoms with Gasteiger partial charge in [-0.2, -0.15) is 9.97 Å². The van der Waals surface area contributed by atoms with Crippen LogP contribution >= 0.6 is 0 Å². The summed E-state index contributed by atoms with van der Waals surface area (Å²) in [5.74, 6) is 1.61. The summed E-state index contributed by atoms with van der Waals surface area (Å²) in [4.78, 5) is 21.6. The summed E-state index contributed by atoms with van der Waals surface area (Å²) in [6, 6.07) is 1.85. The van der Waals surface area contributed by atoms with E-state index in [4.69, 9.17) is 0 Å². The summed E-state index contributed by atoms with van der Waals surface area (Å²) in [5.41, 5.74) is 1.38. The van der Waals surface area contributed by atoms with Crippen LogP contribution in [-0.4, -0.2) is 47.2 Å². The summed E-state index contributed by atoms with van der Waals surface area (Å²) in [6.07, 6.45) is 5.63. The Morgan fingerprint density at radius 1 is 1.24 bits per heavy atom. The standard InChI is InChI=1S/C16H22N8O/c1-4-11(7-25)20-16-22-14(21-12-5-6-17-8-18-12)13-15(23-16)24(9-19-13)10(2)3/h5-6,8-11,25H,4,7H2,1-3H3,(H2,17,18,20,21,22,23)/t11-/m1/s1. The number of rotatable bonds is 7. The number of imidazole rings is 1. The van der Waals surface area contributed by atoms with E-state index in [9.17, 15) is 5.11 Å². The molecule has 3 aromatic heterocycles. The largest absolute Gasteiger partial charge is 0.394 e. The van der Waals surface area contributed by atoms with Gasteiger partial charge in [0.05, 0.1) is 19.0 Å². The smallest absolute Gasteiger partial charge is 0.227 e. The van der Waals surface area contributed by atoms with Gasteiger partial charge in [-0.1, -0.05) is 6.92 Å². The van der Waals surface area contributed by atoms with Crippen LogP contribution in [0.3, 0.4) is 0 Å². The van der Waals surface area contributed by atoms with Crippen molar-refractivity contribution in [3.8, 4) is 0 Å². The van der Waals surface area contributed by atoms with E-state index in [-0.39, 0.29) is 18.7 Å². The number of nitrogens with one attached hydrogen (secondary N) is 2. The maximum absolute atomic E-state index is 9.44. The monoisotopic (exact) mass is 342 g/mol. The molecule has 3 rings (SSSR count). The zero-order valence-corrected chi connectivity index (χ0v) is 14.5. The highest BCUT2D eigenvalue weighted by Crippen LogP contribution is 2.25. The number of nitrogens with zero attached hydrogens (tertiary/aromatic N) is 6. The number of aliphatic hydroxyl groups is 1. The molecule has 0 fully saturated rings. The predicted molar refractivity (Wildman–Crippen MR) is 95.8 cm³/mol. The molecule has 9 nitrogen and oxygen atoms in total. The summed E-state index contributed by atoms with van der Waals surface area (Å²) >= 11 is 0. The van der Waals surface area contributed by atoms with Crippen LogP contribution in [0.5, 0.6) is 0 Å². The van der Waals surface area contributed by atoms with E-state index in [1.165, 1.54) is 6.33 Å². The first-order valence-electron chi connectivity index (χ1n) is 8.27. The second kappa shape index (κ2) is 7.39. The van der Waals surface area contributed by atoms with Crippen molar-refractivity contribution in [2.75, 3.05) is 17.2 Å². The molecule has 0 aromatic carbocycles. The molecule has 0 bridgehead atoms. The van der Waals surface area contributed by atoms with Crippen LogP contribution in [0.2, 0.25) is 0 Å². The number of aliphatic hydroxyl groups excluding tert-OH is 1. The van der Waals surface area contributed by atoms with E-state index in [1.807, 2.05) is 11.5 Å². The molecule has 0 amide bonds. The Balaban J connectivity index is 2.06. The van der Waals surface area contributed by atoms with Crippen molar-refractivity contribution >= 4 is 28.7 Å². The van der Waals surface area contributed by atoms with Gasteiger partial charge in [0.1, 0.15) is 12.1 Å². The van der Waals surface area contributed by atoms with Gasteiger partial charge in [0, 0.05) is 12.2 Å². The van der Waals surface area contributed by atoms with Gasteiger partial charge >= 0.3 is 0 Å². The van der Waals surface area contributed by atoms with Crippen LogP contribution in [0.25, 0.3) is 11.2 Å². The fourth-order valence-electron chi connectivity index (χ4n) is 2.39. The third kappa shape index (κ3) is 3.66. The topological polar surface area (TPSA) is 114 Å². The molecule has 0 radical (unpaired) electrons. The summed E-state index contributed by atoms with van der Waals surface area (Å²) in [6.45, 7) is 6.13. The first-order chi connectivity index (χ1) is 12.1.